The molecule has 0 aliphatic rings. The number of benzene rings is 2. The third-order valence-electron chi connectivity index (χ3n) is 5.88. The first-order chi connectivity index (χ1) is 16.4. The van der Waals surface area contributed by atoms with E-state index in [1.165, 1.54) is 5.56 Å². The first-order valence-corrected chi connectivity index (χ1v) is 11.9. The highest BCUT2D eigenvalue weighted by molar-refractivity contribution is 6.30. The molecule has 0 saturated heterocycles. The number of amides is 1. The Kier molecular flexibility index (Phi) is 7.48. The van der Waals surface area contributed by atoms with Crippen LogP contribution in [0.1, 0.15) is 35.9 Å². The molecule has 4 rings (SSSR count). The van der Waals surface area contributed by atoms with Crippen LogP contribution in [0.15, 0.2) is 54.6 Å². The van der Waals surface area contributed by atoms with Gasteiger partial charge in [-0.1, -0.05) is 35.9 Å². The number of fused-ring (bicyclic) bond motifs is 1. The molecule has 1 N–H and O–H groups in total. The Morgan fingerprint density at radius 2 is 1.79 bits per heavy atom. The summed E-state index contributed by atoms with van der Waals surface area (Å²) in [5, 5.41) is 8.46. The monoisotopic (exact) mass is 476 g/mol. The van der Waals surface area contributed by atoms with E-state index >= 15 is 0 Å². The van der Waals surface area contributed by atoms with Crippen molar-refractivity contribution in [1.29, 1.82) is 0 Å². The number of halogens is 1. The van der Waals surface area contributed by atoms with Crippen molar-refractivity contribution in [2.24, 2.45) is 0 Å². The lowest BCUT2D eigenvalue weighted by molar-refractivity contribution is -0.121. The van der Waals surface area contributed by atoms with E-state index in [-0.39, 0.29) is 5.91 Å². The van der Waals surface area contributed by atoms with E-state index in [2.05, 4.69) is 5.32 Å². The number of carbonyl (C=O) groups is 1. The summed E-state index contributed by atoms with van der Waals surface area (Å²) in [6.45, 7) is 7.24. The summed E-state index contributed by atoms with van der Waals surface area (Å²) in [6, 6.07) is 17.6. The maximum atomic E-state index is 12.5. The number of aryl methyl sites for hydroxylation is 2. The summed E-state index contributed by atoms with van der Waals surface area (Å²) in [5.74, 6) is 0.899. The first kappa shape index (κ1) is 23.8. The van der Waals surface area contributed by atoms with Crippen molar-refractivity contribution >= 4 is 23.2 Å². The van der Waals surface area contributed by atoms with Crippen LogP contribution in [0.3, 0.4) is 0 Å². The van der Waals surface area contributed by atoms with Crippen molar-refractivity contribution in [3.8, 4) is 17.0 Å². The largest absolute Gasteiger partial charge is 0.494 e. The minimum Gasteiger partial charge on any atom is -0.494 e. The number of aromatic nitrogens is 3. The second-order valence-electron chi connectivity index (χ2n) is 8.24. The van der Waals surface area contributed by atoms with E-state index in [0.717, 1.165) is 46.0 Å². The van der Waals surface area contributed by atoms with Crippen molar-refractivity contribution in [2.75, 3.05) is 13.2 Å². The van der Waals surface area contributed by atoms with Gasteiger partial charge in [0.25, 0.3) is 0 Å². The average Bonchev–Trinajstić information content (AvgIpc) is 3.25. The van der Waals surface area contributed by atoms with Crippen molar-refractivity contribution in [3.05, 3.63) is 82.1 Å². The van der Waals surface area contributed by atoms with E-state index in [9.17, 15) is 4.79 Å². The summed E-state index contributed by atoms with van der Waals surface area (Å²) < 4.78 is 7.32. The SMILES string of the molecule is CCOc1ccc(CCNC(=O)CCc2c(C)nc3cc(-c4ccc(Cl)cc4)nn3c2C)cc1. The third-order valence-corrected chi connectivity index (χ3v) is 6.13. The summed E-state index contributed by atoms with van der Waals surface area (Å²) in [4.78, 5) is 17.2. The molecule has 0 bridgehead atoms. The van der Waals surface area contributed by atoms with Gasteiger partial charge in [-0.3, -0.25) is 4.79 Å². The average molecular weight is 477 g/mol. The van der Waals surface area contributed by atoms with Gasteiger partial charge in [-0.15, -0.1) is 0 Å². The number of nitrogens with zero attached hydrogens (tertiary/aromatic N) is 3. The van der Waals surface area contributed by atoms with Gasteiger partial charge < -0.3 is 10.1 Å². The van der Waals surface area contributed by atoms with Gasteiger partial charge in [-0.05, 0) is 69.0 Å². The highest BCUT2D eigenvalue weighted by Crippen LogP contribution is 2.24. The van der Waals surface area contributed by atoms with Crippen LogP contribution >= 0.6 is 11.6 Å². The zero-order valence-electron chi connectivity index (χ0n) is 19.8. The Bertz CT molecular complexity index is 1280. The molecule has 1 amide bonds. The fourth-order valence-electron chi connectivity index (χ4n) is 4.04. The standard InChI is InChI=1S/C27H29ClN4O2/c1-4-34-23-11-5-20(6-12-23)15-16-29-27(33)14-13-24-18(2)30-26-17-25(31-32(26)19(24)3)21-7-9-22(28)10-8-21/h5-12,17H,4,13-16H2,1-3H3,(H,29,33). The maximum Gasteiger partial charge on any atom is 0.220 e. The lowest BCUT2D eigenvalue weighted by Gasteiger charge is -2.11. The fourth-order valence-corrected chi connectivity index (χ4v) is 4.17. The van der Waals surface area contributed by atoms with Crippen LogP contribution in [-0.4, -0.2) is 33.7 Å². The molecule has 6 nitrogen and oxygen atoms in total. The molecule has 2 heterocycles. The summed E-state index contributed by atoms with van der Waals surface area (Å²) in [7, 11) is 0. The van der Waals surface area contributed by atoms with Crippen molar-refractivity contribution in [2.45, 2.75) is 40.0 Å². The zero-order chi connectivity index (χ0) is 24.1. The minimum atomic E-state index is 0.0344. The Labute approximate surface area is 204 Å². The highest BCUT2D eigenvalue weighted by atomic mass is 35.5. The molecule has 0 aliphatic carbocycles. The van der Waals surface area contributed by atoms with Crippen LogP contribution in [0, 0.1) is 13.8 Å². The van der Waals surface area contributed by atoms with Gasteiger partial charge in [-0.25, -0.2) is 9.50 Å². The lowest BCUT2D eigenvalue weighted by atomic mass is 10.1. The summed E-state index contributed by atoms with van der Waals surface area (Å²) in [5.41, 5.74) is 6.78. The summed E-state index contributed by atoms with van der Waals surface area (Å²) >= 11 is 6.01. The van der Waals surface area contributed by atoms with Gasteiger partial charge in [0.2, 0.25) is 5.91 Å². The predicted octanol–water partition coefficient (Wildman–Crippen LogP) is 5.36. The van der Waals surface area contributed by atoms with Crippen LogP contribution in [0.5, 0.6) is 5.75 Å². The topological polar surface area (TPSA) is 68.5 Å². The number of nitrogens with one attached hydrogen (secondary N) is 1. The molecule has 4 aromatic rings. The maximum absolute atomic E-state index is 12.5. The molecule has 2 aromatic heterocycles. The van der Waals surface area contributed by atoms with Gasteiger partial charge >= 0.3 is 0 Å². The molecule has 34 heavy (non-hydrogen) atoms. The molecule has 0 spiro atoms. The highest BCUT2D eigenvalue weighted by Gasteiger charge is 2.14. The van der Waals surface area contributed by atoms with Gasteiger partial charge in [0, 0.05) is 41.0 Å². The number of rotatable bonds is 9. The Hall–Kier alpha value is -3.38. The molecule has 7 heteroatoms. The van der Waals surface area contributed by atoms with E-state index in [1.54, 1.807) is 0 Å². The lowest BCUT2D eigenvalue weighted by Crippen LogP contribution is -2.26. The van der Waals surface area contributed by atoms with Gasteiger partial charge in [-0.2, -0.15) is 5.10 Å². The molecule has 0 saturated carbocycles. The zero-order valence-corrected chi connectivity index (χ0v) is 20.5. The Morgan fingerprint density at radius 1 is 1.06 bits per heavy atom. The van der Waals surface area contributed by atoms with Crippen LogP contribution < -0.4 is 10.1 Å². The fraction of sp³-hybridized carbons (Fsp3) is 0.296. The van der Waals surface area contributed by atoms with Crippen LogP contribution in [-0.2, 0) is 17.6 Å². The Morgan fingerprint density at radius 3 is 2.50 bits per heavy atom. The molecule has 0 aliphatic heterocycles. The molecule has 176 valence electrons. The molecular weight excluding hydrogens is 448 g/mol. The summed E-state index contributed by atoms with van der Waals surface area (Å²) in [6.07, 6.45) is 1.81. The Balaban J connectivity index is 1.36. The normalized spacial score (nSPS) is 11.1. The molecule has 0 atom stereocenters. The number of hydrogen-bond acceptors (Lipinski definition) is 4. The van der Waals surface area contributed by atoms with Gasteiger partial charge in [0.1, 0.15) is 5.75 Å². The molecule has 0 radical (unpaired) electrons. The van der Waals surface area contributed by atoms with Crippen molar-refractivity contribution in [3.63, 3.8) is 0 Å². The van der Waals surface area contributed by atoms with Crippen molar-refractivity contribution < 1.29 is 9.53 Å². The van der Waals surface area contributed by atoms with Crippen molar-refractivity contribution in [1.82, 2.24) is 19.9 Å². The smallest absolute Gasteiger partial charge is 0.220 e. The van der Waals surface area contributed by atoms with E-state index in [1.807, 2.05) is 79.9 Å². The first-order valence-electron chi connectivity index (χ1n) is 11.5. The van der Waals surface area contributed by atoms with E-state index in [4.69, 9.17) is 26.4 Å². The number of hydrogen-bond donors (Lipinski definition) is 1. The molecule has 2 aromatic carbocycles. The molecular formula is C27H29ClN4O2. The quantitative estimate of drug-likeness (QED) is 0.353. The van der Waals surface area contributed by atoms with Crippen LogP contribution in [0.2, 0.25) is 5.02 Å². The number of carbonyl (C=O) groups excluding carboxylic acids is 1. The van der Waals surface area contributed by atoms with Gasteiger partial charge in [0.05, 0.1) is 12.3 Å². The number of ether oxygens (including phenoxy) is 1. The third kappa shape index (κ3) is 5.57. The van der Waals surface area contributed by atoms with E-state index < -0.39 is 0 Å². The predicted molar refractivity (Wildman–Crippen MR) is 136 cm³/mol. The second kappa shape index (κ2) is 10.7. The van der Waals surface area contributed by atoms with E-state index in [0.29, 0.717) is 31.0 Å². The molecule has 0 unspecified atom stereocenters. The van der Waals surface area contributed by atoms with Crippen LogP contribution in [0.25, 0.3) is 16.9 Å². The molecule has 0 fully saturated rings. The minimum absolute atomic E-state index is 0.0344. The van der Waals surface area contributed by atoms with Gasteiger partial charge in [0.15, 0.2) is 5.65 Å². The second-order valence-corrected chi connectivity index (χ2v) is 8.68. The van der Waals surface area contributed by atoms with Crippen LogP contribution in [0.4, 0.5) is 0 Å².